The third-order valence-electron chi connectivity index (χ3n) is 2.83. The van der Waals surface area contributed by atoms with Gasteiger partial charge in [-0.2, -0.15) is 8.42 Å². The molecule has 0 saturated carbocycles. The van der Waals surface area contributed by atoms with Gasteiger partial charge in [0.15, 0.2) is 0 Å². The van der Waals surface area contributed by atoms with Crippen LogP contribution >= 0.6 is 0 Å². The fourth-order valence-electron chi connectivity index (χ4n) is 1.96. The number of rotatable bonds is 6. The van der Waals surface area contributed by atoms with Gasteiger partial charge in [0.2, 0.25) is 0 Å². The monoisotopic (exact) mass is 343 g/mol. The molecule has 1 amide bonds. The van der Waals surface area contributed by atoms with Crippen molar-refractivity contribution in [3.8, 4) is 0 Å². The molecule has 1 aromatic carbocycles. The van der Waals surface area contributed by atoms with Crippen LogP contribution in [0.15, 0.2) is 30.3 Å². The molecular weight excluding hydrogens is 318 g/mol. The van der Waals surface area contributed by atoms with Crippen LogP contribution in [0.4, 0.5) is 4.79 Å². The first-order valence-electron chi connectivity index (χ1n) is 7.28. The second kappa shape index (κ2) is 7.31. The highest BCUT2D eigenvalue weighted by Gasteiger charge is 2.31. The third-order valence-corrected chi connectivity index (χ3v) is 3.38. The Balaban J connectivity index is 2.89. The molecule has 0 aliphatic rings. The summed E-state index contributed by atoms with van der Waals surface area (Å²) in [5.74, 6) is 0. The van der Waals surface area contributed by atoms with E-state index in [0.29, 0.717) is 6.42 Å². The maximum absolute atomic E-state index is 12.1. The molecular formula is C16H25NO5S. The molecule has 0 heterocycles. The average Bonchev–Trinajstić information content (AvgIpc) is 2.34. The number of carbonyl (C=O) groups is 1. The molecule has 130 valence electrons. The molecule has 0 bridgehead atoms. The minimum absolute atomic E-state index is 0.181. The highest BCUT2D eigenvalue weighted by Crippen LogP contribution is 2.16. The van der Waals surface area contributed by atoms with Crippen LogP contribution in [0.25, 0.3) is 0 Å². The molecule has 0 aromatic heterocycles. The Bertz CT molecular complexity index is 622. The van der Waals surface area contributed by atoms with Crippen LogP contribution in [0.5, 0.6) is 0 Å². The van der Waals surface area contributed by atoms with Crippen LogP contribution in [0.1, 0.15) is 33.3 Å². The van der Waals surface area contributed by atoms with E-state index in [-0.39, 0.29) is 6.61 Å². The molecule has 7 heteroatoms. The van der Waals surface area contributed by atoms with Gasteiger partial charge in [0.25, 0.3) is 10.1 Å². The molecule has 1 N–H and O–H groups in total. The topological polar surface area (TPSA) is 81.7 Å². The largest absolute Gasteiger partial charge is 0.444 e. The molecule has 0 aliphatic heterocycles. The Labute approximate surface area is 138 Å². The zero-order chi connectivity index (χ0) is 17.7. The van der Waals surface area contributed by atoms with E-state index in [2.05, 4.69) is 5.32 Å². The molecule has 0 aliphatic carbocycles. The number of amides is 1. The lowest BCUT2D eigenvalue weighted by Crippen LogP contribution is -2.52. The van der Waals surface area contributed by atoms with Crippen LogP contribution in [0, 0.1) is 0 Å². The first-order valence-corrected chi connectivity index (χ1v) is 9.10. The summed E-state index contributed by atoms with van der Waals surface area (Å²) in [5.41, 5.74) is -0.620. The van der Waals surface area contributed by atoms with Crippen molar-refractivity contribution < 1.29 is 22.1 Å². The van der Waals surface area contributed by atoms with Crippen molar-refractivity contribution in [3.05, 3.63) is 35.9 Å². The van der Waals surface area contributed by atoms with Gasteiger partial charge < -0.3 is 10.1 Å². The number of hydrogen-bond acceptors (Lipinski definition) is 5. The number of hydrogen-bond donors (Lipinski definition) is 1. The van der Waals surface area contributed by atoms with Crippen LogP contribution in [0.2, 0.25) is 0 Å². The van der Waals surface area contributed by atoms with Gasteiger partial charge in [-0.3, -0.25) is 4.18 Å². The minimum atomic E-state index is -3.61. The summed E-state index contributed by atoms with van der Waals surface area (Å²) in [6.45, 7) is 6.81. The number of nitrogens with one attached hydrogen (secondary N) is 1. The number of carbonyl (C=O) groups excluding carboxylic acids is 1. The van der Waals surface area contributed by atoms with Crippen molar-refractivity contribution >= 4 is 16.2 Å². The standard InChI is InChI=1S/C16H25NO5S/c1-15(2,3)22-14(18)17-16(4,12-21-23(5,19)20)11-13-9-7-6-8-10-13/h6-10H,11-12H2,1-5H3,(H,17,18). The van der Waals surface area contributed by atoms with Gasteiger partial charge in [0.05, 0.1) is 18.4 Å². The molecule has 0 saturated heterocycles. The quantitative estimate of drug-likeness (QED) is 0.803. The van der Waals surface area contributed by atoms with Gasteiger partial charge in [0.1, 0.15) is 5.60 Å². The molecule has 23 heavy (non-hydrogen) atoms. The number of ether oxygens (including phenoxy) is 1. The molecule has 1 atom stereocenters. The average molecular weight is 343 g/mol. The van der Waals surface area contributed by atoms with Crippen molar-refractivity contribution in [1.82, 2.24) is 5.32 Å². The van der Waals surface area contributed by atoms with Gasteiger partial charge in [-0.1, -0.05) is 30.3 Å². The smallest absolute Gasteiger partial charge is 0.408 e. The van der Waals surface area contributed by atoms with E-state index in [1.807, 2.05) is 30.3 Å². The van der Waals surface area contributed by atoms with Gasteiger partial charge in [-0.05, 0) is 39.7 Å². The first kappa shape index (κ1) is 19.4. The first-order chi connectivity index (χ1) is 10.4. The summed E-state index contributed by atoms with van der Waals surface area (Å²) in [4.78, 5) is 12.1. The van der Waals surface area contributed by atoms with E-state index in [1.165, 1.54) is 0 Å². The summed E-state index contributed by atoms with van der Waals surface area (Å²) in [7, 11) is -3.61. The van der Waals surface area contributed by atoms with Crippen molar-refractivity contribution in [2.45, 2.75) is 45.3 Å². The second-order valence-corrected chi connectivity index (χ2v) is 8.46. The van der Waals surface area contributed by atoms with E-state index >= 15 is 0 Å². The predicted octanol–water partition coefficient (Wildman–Crippen LogP) is 2.49. The van der Waals surface area contributed by atoms with Crippen molar-refractivity contribution in [3.63, 3.8) is 0 Å². The maximum Gasteiger partial charge on any atom is 0.408 e. The third kappa shape index (κ3) is 8.56. The van der Waals surface area contributed by atoms with Crippen molar-refractivity contribution in [2.75, 3.05) is 12.9 Å². The maximum atomic E-state index is 12.1. The van der Waals surface area contributed by atoms with Crippen LogP contribution in [-0.2, 0) is 25.5 Å². The highest BCUT2D eigenvalue weighted by atomic mass is 32.2. The normalized spacial score (nSPS) is 14.8. The Morgan fingerprint density at radius 1 is 1.13 bits per heavy atom. The van der Waals surface area contributed by atoms with E-state index in [0.717, 1.165) is 11.8 Å². The molecule has 1 unspecified atom stereocenters. The molecule has 1 rings (SSSR count). The molecule has 1 aromatic rings. The Morgan fingerprint density at radius 2 is 1.70 bits per heavy atom. The zero-order valence-corrected chi connectivity index (χ0v) is 15.1. The lowest BCUT2D eigenvalue weighted by molar-refractivity contribution is 0.0429. The zero-order valence-electron chi connectivity index (χ0n) is 14.3. The van der Waals surface area contributed by atoms with Gasteiger partial charge in [-0.25, -0.2) is 4.79 Å². The molecule has 6 nitrogen and oxygen atoms in total. The fraction of sp³-hybridized carbons (Fsp3) is 0.562. The predicted molar refractivity (Wildman–Crippen MR) is 88.7 cm³/mol. The van der Waals surface area contributed by atoms with E-state index in [1.54, 1.807) is 27.7 Å². The summed E-state index contributed by atoms with van der Waals surface area (Å²) in [6.07, 6.45) is 0.763. The highest BCUT2D eigenvalue weighted by molar-refractivity contribution is 7.85. The molecule has 0 fully saturated rings. The van der Waals surface area contributed by atoms with Crippen LogP contribution in [-0.4, -0.2) is 38.5 Å². The van der Waals surface area contributed by atoms with E-state index in [9.17, 15) is 13.2 Å². The Hall–Kier alpha value is -1.60. The molecule has 0 radical (unpaired) electrons. The van der Waals surface area contributed by atoms with Gasteiger partial charge in [-0.15, -0.1) is 0 Å². The van der Waals surface area contributed by atoms with Crippen molar-refractivity contribution in [1.29, 1.82) is 0 Å². The summed E-state index contributed by atoms with van der Waals surface area (Å²) < 4.78 is 32.7. The lowest BCUT2D eigenvalue weighted by atomic mass is 9.94. The summed E-state index contributed by atoms with van der Waals surface area (Å²) in [6, 6.07) is 9.43. The minimum Gasteiger partial charge on any atom is -0.444 e. The van der Waals surface area contributed by atoms with Gasteiger partial charge in [0, 0.05) is 0 Å². The summed E-state index contributed by atoms with van der Waals surface area (Å²) >= 11 is 0. The molecule has 0 spiro atoms. The van der Waals surface area contributed by atoms with Gasteiger partial charge >= 0.3 is 6.09 Å². The lowest BCUT2D eigenvalue weighted by Gasteiger charge is -2.31. The fourth-order valence-corrected chi connectivity index (χ4v) is 2.44. The number of alkyl carbamates (subject to hydrolysis) is 1. The Kier molecular flexibility index (Phi) is 6.18. The van der Waals surface area contributed by atoms with Crippen LogP contribution in [0.3, 0.4) is 0 Å². The van der Waals surface area contributed by atoms with E-state index < -0.39 is 27.4 Å². The Morgan fingerprint density at radius 3 is 2.17 bits per heavy atom. The second-order valence-electron chi connectivity index (χ2n) is 6.82. The number of benzene rings is 1. The summed E-state index contributed by atoms with van der Waals surface area (Å²) in [5, 5.41) is 2.72. The van der Waals surface area contributed by atoms with Crippen LogP contribution < -0.4 is 5.32 Å². The van der Waals surface area contributed by atoms with Crippen molar-refractivity contribution in [2.24, 2.45) is 0 Å². The SMILES string of the molecule is CC(COS(C)(=O)=O)(Cc1ccccc1)NC(=O)OC(C)(C)C. The van der Waals surface area contributed by atoms with E-state index in [4.69, 9.17) is 8.92 Å².